The molecule has 0 amide bonds. The fourth-order valence-corrected chi connectivity index (χ4v) is 3.19. The number of Topliss-reactive ketones (excluding diaryl/α,β-unsaturated/α-hetero) is 1. The first-order chi connectivity index (χ1) is 7.63. The first-order valence-electron chi connectivity index (χ1n) is 6.58. The lowest BCUT2D eigenvalue weighted by atomic mass is 9.72. The molecule has 0 unspecified atom stereocenters. The van der Waals surface area contributed by atoms with Crippen molar-refractivity contribution >= 4 is 5.78 Å². The van der Waals surface area contributed by atoms with E-state index in [4.69, 9.17) is 0 Å². The molecular weight excluding hydrogens is 200 g/mol. The molecule has 0 saturated carbocycles. The summed E-state index contributed by atoms with van der Waals surface area (Å²) < 4.78 is 0. The van der Waals surface area contributed by atoms with Crippen LogP contribution in [0.25, 0.3) is 0 Å². The summed E-state index contributed by atoms with van der Waals surface area (Å²) in [6.07, 6.45) is 3.85. The van der Waals surface area contributed by atoms with E-state index in [1.807, 2.05) is 0 Å². The van der Waals surface area contributed by atoms with Gasteiger partial charge in [0.05, 0.1) is 6.54 Å². The minimum absolute atomic E-state index is 0.303. The van der Waals surface area contributed by atoms with E-state index in [0.717, 1.165) is 13.1 Å². The van der Waals surface area contributed by atoms with Crippen LogP contribution in [-0.4, -0.2) is 54.9 Å². The molecular formula is C13H24N2O. The van der Waals surface area contributed by atoms with Gasteiger partial charge in [0.2, 0.25) is 0 Å². The Kier molecular flexibility index (Phi) is 3.65. The maximum Gasteiger partial charge on any atom is 0.143 e. The SMILES string of the molecule is CCCN1CC2(CCN(CC(C)=O)CC2)C1. The van der Waals surface area contributed by atoms with Crippen LogP contribution in [0.2, 0.25) is 0 Å². The Morgan fingerprint density at radius 3 is 2.31 bits per heavy atom. The molecule has 0 atom stereocenters. The number of likely N-dealkylation sites (tertiary alicyclic amines) is 2. The van der Waals surface area contributed by atoms with E-state index < -0.39 is 0 Å². The highest BCUT2D eigenvalue weighted by Gasteiger charge is 2.44. The highest BCUT2D eigenvalue weighted by molar-refractivity contribution is 5.77. The molecule has 2 fully saturated rings. The zero-order chi connectivity index (χ0) is 11.6. The number of nitrogens with zero attached hydrogens (tertiary/aromatic N) is 2. The smallest absolute Gasteiger partial charge is 0.143 e. The fourth-order valence-electron chi connectivity index (χ4n) is 3.19. The molecule has 0 aromatic carbocycles. The third kappa shape index (κ3) is 2.64. The van der Waals surface area contributed by atoms with Crippen LogP contribution in [0.1, 0.15) is 33.1 Å². The summed E-state index contributed by atoms with van der Waals surface area (Å²) in [6.45, 7) is 10.7. The van der Waals surface area contributed by atoms with Crippen LogP contribution in [0.5, 0.6) is 0 Å². The van der Waals surface area contributed by atoms with Crippen molar-refractivity contribution in [2.24, 2.45) is 5.41 Å². The van der Waals surface area contributed by atoms with Gasteiger partial charge in [0, 0.05) is 13.1 Å². The second kappa shape index (κ2) is 4.84. The molecule has 0 aromatic heterocycles. The first-order valence-corrected chi connectivity index (χ1v) is 6.58. The quantitative estimate of drug-likeness (QED) is 0.721. The maximum atomic E-state index is 11.0. The van der Waals surface area contributed by atoms with Gasteiger partial charge in [0.15, 0.2) is 0 Å². The molecule has 2 aliphatic rings. The summed E-state index contributed by atoms with van der Waals surface area (Å²) in [5, 5.41) is 0. The summed E-state index contributed by atoms with van der Waals surface area (Å²) in [6, 6.07) is 0. The van der Waals surface area contributed by atoms with Gasteiger partial charge in [0.1, 0.15) is 5.78 Å². The lowest BCUT2D eigenvalue weighted by Crippen LogP contribution is -2.60. The second-order valence-corrected chi connectivity index (χ2v) is 5.69. The van der Waals surface area contributed by atoms with Crippen LogP contribution >= 0.6 is 0 Å². The Morgan fingerprint density at radius 2 is 1.81 bits per heavy atom. The molecule has 2 saturated heterocycles. The molecule has 0 N–H and O–H groups in total. The van der Waals surface area contributed by atoms with E-state index in [2.05, 4.69) is 16.7 Å². The maximum absolute atomic E-state index is 11.0. The number of hydrogen-bond donors (Lipinski definition) is 0. The fraction of sp³-hybridized carbons (Fsp3) is 0.923. The Bertz CT molecular complexity index is 249. The predicted octanol–water partition coefficient (Wildman–Crippen LogP) is 1.38. The van der Waals surface area contributed by atoms with E-state index in [1.165, 1.54) is 38.9 Å². The van der Waals surface area contributed by atoms with Gasteiger partial charge >= 0.3 is 0 Å². The van der Waals surface area contributed by atoms with Gasteiger partial charge in [-0.05, 0) is 51.2 Å². The van der Waals surface area contributed by atoms with Gasteiger partial charge < -0.3 is 4.90 Å². The number of hydrogen-bond acceptors (Lipinski definition) is 3. The minimum Gasteiger partial charge on any atom is -0.302 e. The van der Waals surface area contributed by atoms with Crippen molar-refractivity contribution in [1.82, 2.24) is 9.80 Å². The van der Waals surface area contributed by atoms with E-state index >= 15 is 0 Å². The van der Waals surface area contributed by atoms with Crippen LogP contribution in [0, 0.1) is 5.41 Å². The monoisotopic (exact) mass is 224 g/mol. The Balaban J connectivity index is 1.72. The number of rotatable bonds is 4. The van der Waals surface area contributed by atoms with Gasteiger partial charge in [-0.2, -0.15) is 0 Å². The van der Waals surface area contributed by atoms with Crippen molar-refractivity contribution in [1.29, 1.82) is 0 Å². The van der Waals surface area contributed by atoms with Crippen LogP contribution in [-0.2, 0) is 4.79 Å². The van der Waals surface area contributed by atoms with Gasteiger partial charge in [0.25, 0.3) is 0 Å². The number of carbonyl (C=O) groups excluding carboxylic acids is 1. The molecule has 3 nitrogen and oxygen atoms in total. The summed E-state index contributed by atoms with van der Waals surface area (Å²) in [5.74, 6) is 0.303. The van der Waals surface area contributed by atoms with Gasteiger partial charge in [-0.1, -0.05) is 6.92 Å². The lowest BCUT2D eigenvalue weighted by molar-refractivity contribution is -0.119. The molecule has 3 heteroatoms. The van der Waals surface area contributed by atoms with E-state index in [1.54, 1.807) is 6.92 Å². The Hall–Kier alpha value is -0.410. The van der Waals surface area contributed by atoms with Crippen molar-refractivity contribution in [2.75, 3.05) is 39.3 Å². The first kappa shape index (κ1) is 12.1. The average Bonchev–Trinajstić information content (AvgIpc) is 2.18. The summed E-state index contributed by atoms with van der Waals surface area (Å²) in [4.78, 5) is 15.9. The highest BCUT2D eigenvalue weighted by Crippen LogP contribution is 2.40. The van der Waals surface area contributed by atoms with Crippen molar-refractivity contribution in [3.05, 3.63) is 0 Å². The lowest BCUT2D eigenvalue weighted by Gasteiger charge is -2.54. The van der Waals surface area contributed by atoms with Crippen molar-refractivity contribution in [3.8, 4) is 0 Å². The molecule has 0 radical (unpaired) electrons. The van der Waals surface area contributed by atoms with Crippen molar-refractivity contribution in [2.45, 2.75) is 33.1 Å². The molecule has 0 aliphatic carbocycles. The van der Waals surface area contributed by atoms with E-state index in [9.17, 15) is 4.79 Å². The summed E-state index contributed by atoms with van der Waals surface area (Å²) >= 11 is 0. The van der Waals surface area contributed by atoms with Crippen LogP contribution < -0.4 is 0 Å². The topological polar surface area (TPSA) is 23.6 Å². The normalized spacial score (nSPS) is 25.6. The van der Waals surface area contributed by atoms with Crippen LogP contribution in [0.3, 0.4) is 0 Å². The minimum atomic E-state index is 0.303. The molecule has 2 rings (SSSR count). The number of piperidine rings is 1. The predicted molar refractivity (Wildman–Crippen MR) is 65.5 cm³/mol. The largest absolute Gasteiger partial charge is 0.302 e. The van der Waals surface area contributed by atoms with Crippen molar-refractivity contribution in [3.63, 3.8) is 0 Å². The third-order valence-corrected chi connectivity index (χ3v) is 4.02. The molecule has 2 heterocycles. The third-order valence-electron chi connectivity index (χ3n) is 4.02. The molecule has 1 spiro atoms. The highest BCUT2D eigenvalue weighted by atomic mass is 16.1. The molecule has 92 valence electrons. The van der Waals surface area contributed by atoms with Crippen LogP contribution in [0.15, 0.2) is 0 Å². The number of carbonyl (C=O) groups is 1. The van der Waals surface area contributed by atoms with Crippen LogP contribution in [0.4, 0.5) is 0 Å². The Morgan fingerprint density at radius 1 is 1.19 bits per heavy atom. The van der Waals surface area contributed by atoms with E-state index in [0.29, 0.717) is 17.7 Å². The summed E-state index contributed by atoms with van der Waals surface area (Å²) in [7, 11) is 0. The Labute approximate surface area is 98.8 Å². The summed E-state index contributed by atoms with van der Waals surface area (Å²) in [5.41, 5.74) is 0.614. The molecule has 0 aromatic rings. The second-order valence-electron chi connectivity index (χ2n) is 5.69. The molecule has 2 aliphatic heterocycles. The zero-order valence-corrected chi connectivity index (χ0v) is 10.7. The zero-order valence-electron chi connectivity index (χ0n) is 10.7. The average molecular weight is 224 g/mol. The number of ketones is 1. The van der Waals surface area contributed by atoms with Crippen molar-refractivity contribution < 1.29 is 4.79 Å². The van der Waals surface area contributed by atoms with Gasteiger partial charge in [-0.25, -0.2) is 0 Å². The molecule has 0 bridgehead atoms. The van der Waals surface area contributed by atoms with Gasteiger partial charge in [-0.3, -0.25) is 9.69 Å². The van der Waals surface area contributed by atoms with Gasteiger partial charge in [-0.15, -0.1) is 0 Å². The standard InChI is InChI=1S/C13H24N2O/c1-3-6-15-10-13(11-15)4-7-14(8-5-13)9-12(2)16/h3-11H2,1-2H3. The van der Waals surface area contributed by atoms with E-state index in [-0.39, 0.29) is 0 Å². The molecule has 16 heavy (non-hydrogen) atoms.